The van der Waals surface area contributed by atoms with E-state index in [1.165, 1.54) is 17.0 Å². The second-order valence-electron chi connectivity index (χ2n) is 10.5. The van der Waals surface area contributed by atoms with Crippen LogP contribution in [0.5, 0.6) is 11.5 Å². The highest BCUT2D eigenvalue weighted by molar-refractivity contribution is 6.51. The second-order valence-corrected chi connectivity index (χ2v) is 10.5. The van der Waals surface area contributed by atoms with Gasteiger partial charge in [-0.3, -0.25) is 14.5 Å². The summed E-state index contributed by atoms with van der Waals surface area (Å²) in [5.74, 6) is -2.02. The summed E-state index contributed by atoms with van der Waals surface area (Å²) in [6.07, 6.45) is -4.88. The quantitative estimate of drug-likeness (QED) is 0.198. The summed E-state index contributed by atoms with van der Waals surface area (Å²) in [6, 6.07) is 15.8. The molecule has 1 aliphatic heterocycles. The maximum absolute atomic E-state index is 13.5. The first-order valence-electron chi connectivity index (χ1n) is 12.7. The van der Waals surface area contributed by atoms with Crippen molar-refractivity contribution >= 4 is 23.1 Å². The number of alkyl halides is 3. The summed E-state index contributed by atoms with van der Waals surface area (Å²) < 4.78 is 47.7. The minimum absolute atomic E-state index is 0.129. The van der Waals surface area contributed by atoms with Crippen LogP contribution in [0.2, 0.25) is 0 Å². The molecule has 1 aliphatic rings. The van der Waals surface area contributed by atoms with Crippen LogP contribution in [0.1, 0.15) is 56.0 Å². The molecule has 1 saturated heterocycles. The fraction of sp³-hybridized carbons (Fsp3) is 0.290. The molecule has 1 unspecified atom stereocenters. The van der Waals surface area contributed by atoms with E-state index >= 15 is 0 Å². The Morgan fingerprint density at radius 2 is 1.65 bits per heavy atom. The summed E-state index contributed by atoms with van der Waals surface area (Å²) in [7, 11) is 0. The van der Waals surface area contributed by atoms with E-state index < -0.39 is 29.8 Å². The minimum atomic E-state index is -4.88. The number of hydrogen-bond acceptors (Lipinski definition) is 5. The molecule has 0 bridgehead atoms. The van der Waals surface area contributed by atoms with Gasteiger partial charge in [0.05, 0.1) is 18.2 Å². The molecule has 0 spiro atoms. The molecule has 210 valence electrons. The molecule has 1 atom stereocenters. The standard InChI is InChI=1S/C31H30F3NO5/c1-6-39-24-15-10-20(17-23(24)30(3,4)5)27(36)25-26(19-9-7-8-18(2)16-19)35(29(38)28(25)37)21-11-13-22(14-12-21)40-31(32,33)34/h7-17,26,36H,6H2,1-5H3/b27-25-. The number of anilines is 1. The number of amides is 1. The van der Waals surface area contributed by atoms with Gasteiger partial charge in [0, 0.05) is 16.8 Å². The van der Waals surface area contributed by atoms with Crippen molar-refractivity contribution in [3.05, 3.63) is 94.6 Å². The molecule has 0 saturated carbocycles. The average Bonchev–Trinajstić information content (AvgIpc) is 3.13. The number of ketones is 1. The van der Waals surface area contributed by atoms with Crippen molar-refractivity contribution in [3.63, 3.8) is 0 Å². The lowest BCUT2D eigenvalue weighted by Gasteiger charge is -2.26. The first kappa shape index (κ1) is 28.7. The van der Waals surface area contributed by atoms with Crippen molar-refractivity contribution in [1.29, 1.82) is 0 Å². The van der Waals surface area contributed by atoms with Gasteiger partial charge in [0.2, 0.25) is 0 Å². The molecular weight excluding hydrogens is 523 g/mol. The normalized spacial score (nSPS) is 17.3. The number of aliphatic hydroxyl groups excluding tert-OH is 1. The fourth-order valence-corrected chi connectivity index (χ4v) is 4.76. The second kappa shape index (κ2) is 10.7. The number of halogens is 3. The number of aryl methyl sites for hydroxylation is 1. The smallest absolute Gasteiger partial charge is 0.507 e. The largest absolute Gasteiger partial charge is 0.573 e. The Morgan fingerprint density at radius 3 is 2.23 bits per heavy atom. The lowest BCUT2D eigenvalue weighted by molar-refractivity contribution is -0.274. The number of hydrogen-bond donors (Lipinski definition) is 1. The van der Waals surface area contributed by atoms with Crippen LogP contribution < -0.4 is 14.4 Å². The zero-order valence-corrected chi connectivity index (χ0v) is 22.8. The Labute approximate surface area is 230 Å². The molecule has 1 amide bonds. The molecule has 0 aromatic heterocycles. The Kier molecular flexibility index (Phi) is 7.70. The van der Waals surface area contributed by atoms with Crippen molar-refractivity contribution in [1.82, 2.24) is 0 Å². The van der Waals surface area contributed by atoms with Crippen molar-refractivity contribution in [2.24, 2.45) is 0 Å². The van der Waals surface area contributed by atoms with Gasteiger partial charge in [-0.1, -0.05) is 50.6 Å². The third-order valence-electron chi connectivity index (χ3n) is 6.51. The van der Waals surface area contributed by atoms with E-state index in [0.717, 1.165) is 23.3 Å². The van der Waals surface area contributed by atoms with E-state index in [1.807, 2.05) is 40.7 Å². The first-order valence-corrected chi connectivity index (χ1v) is 12.7. The summed E-state index contributed by atoms with van der Waals surface area (Å²) in [5, 5.41) is 11.6. The van der Waals surface area contributed by atoms with Crippen molar-refractivity contribution in [3.8, 4) is 11.5 Å². The topological polar surface area (TPSA) is 76.1 Å². The van der Waals surface area contributed by atoms with Gasteiger partial charge in [0.15, 0.2) is 0 Å². The van der Waals surface area contributed by atoms with Crippen LogP contribution in [-0.2, 0) is 15.0 Å². The predicted octanol–water partition coefficient (Wildman–Crippen LogP) is 7.22. The number of carbonyl (C=O) groups is 2. The molecule has 9 heteroatoms. The molecular formula is C31H30F3NO5. The maximum atomic E-state index is 13.5. The molecule has 1 N–H and O–H groups in total. The third kappa shape index (κ3) is 5.83. The summed E-state index contributed by atoms with van der Waals surface area (Å²) in [5.41, 5.74) is 2.23. The van der Waals surface area contributed by atoms with Crippen LogP contribution in [0, 0.1) is 6.92 Å². The molecule has 3 aromatic carbocycles. The van der Waals surface area contributed by atoms with Crippen LogP contribution in [-0.4, -0.2) is 29.8 Å². The van der Waals surface area contributed by atoms with Gasteiger partial charge in [-0.05, 0) is 67.3 Å². The lowest BCUT2D eigenvalue weighted by atomic mass is 9.84. The number of aliphatic hydroxyl groups is 1. The Morgan fingerprint density at radius 1 is 0.975 bits per heavy atom. The van der Waals surface area contributed by atoms with Crippen LogP contribution in [0.3, 0.4) is 0 Å². The molecule has 4 rings (SSSR count). The Bertz CT molecular complexity index is 1470. The predicted molar refractivity (Wildman–Crippen MR) is 145 cm³/mol. The van der Waals surface area contributed by atoms with E-state index in [2.05, 4.69) is 4.74 Å². The average molecular weight is 554 g/mol. The summed E-state index contributed by atoms with van der Waals surface area (Å²) >= 11 is 0. The maximum Gasteiger partial charge on any atom is 0.573 e. The molecule has 0 radical (unpaired) electrons. The lowest BCUT2D eigenvalue weighted by Crippen LogP contribution is -2.29. The monoisotopic (exact) mass is 553 g/mol. The SMILES string of the molecule is CCOc1ccc(/C(O)=C2/C(=O)C(=O)N(c3ccc(OC(F)(F)F)cc3)C2c2cccc(C)c2)cc1C(C)(C)C. The zero-order chi connectivity index (χ0) is 29.4. The molecule has 40 heavy (non-hydrogen) atoms. The van der Waals surface area contributed by atoms with Crippen LogP contribution in [0.4, 0.5) is 18.9 Å². The Balaban J connectivity index is 1.89. The third-order valence-corrected chi connectivity index (χ3v) is 6.51. The molecule has 6 nitrogen and oxygen atoms in total. The Hall–Kier alpha value is -4.27. The van der Waals surface area contributed by atoms with Crippen molar-refractivity contribution in [2.45, 2.75) is 52.4 Å². The zero-order valence-electron chi connectivity index (χ0n) is 22.8. The summed E-state index contributed by atoms with van der Waals surface area (Å²) in [6.45, 7) is 10.1. The van der Waals surface area contributed by atoms with Crippen LogP contribution in [0.15, 0.2) is 72.3 Å². The minimum Gasteiger partial charge on any atom is -0.507 e. The highest BCUT2D eigenvalue weighted by Gasteiger charge is 2.47. The number of ether oxygens (including phenoxy) is 2. The first-order chi connectivity index (χ1) is 18.7. The van der Waals surface area contributed by atoms with E-state index in [1.54, 1.807) is 36.4 Å². The van der Waals surface area contributed by atoms with Crippen LogP contribution in [0.25, 0.3) is 5.76 Å². The van der Waals surface area contributed by atoms with E-state index in [9.17, 15) is 27.9 Å². The van der Waals surface area contributed by atoms with Gasteiger partial charge in [-0.2, -0.15) is 0 Å². The van der Waals surface area contributed by atoms with E-state index in [0.29, 0.717) is 23.5 Å². The van der Waals surface area contributed by atoms with Crippen LogP contribution >= 0.6 is 0 Å². The molecule has 1 heterocycles. The number of carbonyl (C=O) groups excluding carboxylic acids is 2. The van der Waals surface area contributed by atoms with Gasteiger partial charge in [0.25, 0.3) is 11.7 Å². The number of Topliss-reactive ketones (excluding diaryl/α,β-unsaturated/α-hetero) is 1. The van der Waals surface area contributed by atoms with Crippen molar-refractivity contribution < 1.29 is 37.3 Å². The van der Waals surface area contributed by atoms with Crippen molar-refractivity contribution in [2.75, 3.05) is 11.5 Å². The van der Waals surface area contributed by atoms with Gasteiger partial charge >= 0.3 is 6.36 Å². The summed E-state index contributed by atoms with van der Waals surface area (Å²) in [4.78, 5) is 28.1. The number of nitrogens with zero attached hydrogens (tertiary/aromatic N) is 1. The van der Waals surface area contributed by atoms with Gasteiger partial charge in [-0.25, -0.2) is 0 Å². The highest BCUT2D eigenvalue weighted by Crippen LogP contribution is 2.43. The molecule has 0 aliphatic carbocycles. The van der Waals surface area contributed by atoms with Gasteiger partial charge in [0.1, 0.15) is 17.3 Å². The van der Waals surface area contributed by atoms with Gasteiger partial charge < -0.3 is 14.6 Å². The number of benzene rings is 3. The highest BCUT2D eigenvalue weighted by atomic mass is 19.4. The number of rotatable bonds is 6. The van der Waals surface area contributed by atoms with E-state index in [4.69, 9.17) is 4.74 Å². The van der Waals surface area contributed by atoms with Gasteiger partial charge in [-0.15, -0.1) is 13.2 Å². The molecule has 3 aromatic rings. The van der Waals surface area contributed by atoms with E-state index in [-0.39, 0.29) is 22.4 Å². The molecule has 1 fully saturated rings. The fourth-order valence-electron chi connectivity index (χ4n) is 4.76.